The van der Waals surface area contributed by atoms with Gasteiger partial charge in [0.25, 0.3) is 0 Å². The average Bonchev–Trinajstić information content (AvgIpc) is 3.03. The minimum absolute atomic E-state index is 0.0521. The minimum Gasteiger partial charge on any atom is -0.336 e. The number of hydrogen-bond donors (Lipinski definition) is 0. The molecular weight excluding hydrogens is 250 g/mol. The van der Waals surface area contributed by atoms with Crippen LogP contribution in [0.15, 0.2) is 0 Å². The number of nitrogens with zero attached hydrogens (tertiary/aromatic N) is 1. The molecule has 1 heterocycles. The first-order chi connectivity index (χ1) is 9.92. The van der Waals surface area contributed by atoms with E-state index < -0.39 is 0 Å². The van der Waals surface area contributed by atoms with E-state index in [0.717, 1.165) is 13.1 Å². The van der Waals surface area contributed by atoms with Gasteiger partial charge in [0, 0.05) is 13.1 Å². The predicted octanol–water partition coefficient (Wildman–Crippen LogP) is 4.06. The molecule has 3 heteroatoms. The van der Waals surface area contributed by atoms with Crippen LogP contribution >= 0.6 is 0 Å². The van der Waals surface area contributed by atoms with Gasteiger partial charge in [-0.3, -0.25) is 4.90 Å². The molecule has 3 nitrogen and oxygen atoms in total. The highest BCUT2D eigenvalue weighted by Gasteiger charge is 2.29. The van der Waals surface area contributed by atoms with Crippen molar-refractivity contribution >= 4 is 0 Å². The molecule has 0 N–H and O–H groups in total. The molecule has 116 valence electrons. The summed E-state index contributed by atoms with van der Waals surface area (Å²) in [5.41, 5.74) is 0. The zero-order chi connectivity index (χ0) is 13.6. The molecule has 0 amide bonds. The fourth-order valence-electron chi connectivity index (χ4n) is 3.89. The molecule has 3 aliphatic rings. The molecule has 0 atom stereocenters. The van der Waals surface area contributed by atoms with Gasteiger partial charge in [0.05, 0.1) is 12.2 Å². The van der Waals surface area contributed by atoms with Crippen LogP contribution in [0.1, 0.15) is 77.0 Å². The maximum atomic E-state index is 6.38. The van der Waals surface area contributed by atoms with Crippen molar-refractivity contribution in [3.05, 3.63) is 0 Å². The van der Waals surface area contributed by atoms with Gasteiger partial charge < -0.3 is 9.47 Å². The molecule has 0 aromatic heterocycles. The standard InChI is InChI=1S/C17H31NO2/c1-3-9-15(10-4-1)19-17(18-13-7-8-14-18)20-16-11-5-2-6-12-16/h15-17H,1-14H2. The molecule has 1 aliphatic heterocycles. The van der Waals surface area contributed by atoms with Crippen molar-refractivity contribution in [2.75, 3.05) is 13.1 Å². The van der Waals surface area contributed by atoms with E-state index in [4.69, 9.17) is 9.47 Å². The molecule has 3 rings (SSSR count). The van der Waals surface area contributed by atoms with Gasteiger partial charge in [-0.2, -0.15) is 0 Å². The second-order valence-electron chi connectivity index (χ2n) is 6.84. The first-order valence-electron chi connectivity index (χ1n) is 8.97. The van der Waals surface area contributed by atoms with Crippen LogP contribution < -0.4 is 0 Å². The van der Waals surface area contributed by atoms with Crippen LogP contribution in [0.3, 0.4) is 0 Å². The van der Waals surface area contributed by atoms with Crippen molar-refractivity contribution in [2.45, 2.75) is 95.7 Å². The van der Waals surface area contributed by atoms with E-state index in [-0.39, 0.29) is 6.41 Å². The Morgan fingerprint density at radius 3 is 1.50 bits per heavy atom. The first-order valence-corrected chi connectivity index (χ1v) is 8.97. The maximum absolute atomic E-state index is 6.38. The van der Waals surface area contributed by atoms with E-state index in [2.05, 4.69) is 4.90 Å². The monoisotopic (exact) mass is 281 g/mol. The van der Waals surface area contributed by atoms with Gasteiger partial charge in [-0.15, -0.1) is 0 Å². The molecular formula is C17H31NO2. The molecule has 2 aliphatic carbocycles. The number of rotatable bonds is 5. The Hall–Kier alpha value is -0.120. The summed E-state index contributed by atoms with van der Waals surface area (Å²) in [7, 11) is 0. The van der Waals surface area contributed by atoms with E-state index in [1.807, 2.05) is 0 Å². The third-order valence-electron chi connectivity index (χ3n) is 5.16. The smallest absolute Gasteiger partial charge is 0.219 e. The Labute approximate surface area is 124 Å². The fraction of sp³-hybridized carbons (Fsp3) is 1.00. The van der Waals surface area contributed by atoms with Crippen molar-refractivity contribution < 1.29 is 9.47 Å². The quantitative estimate of drug-likeness (QED) is 0.709. The summed E-state index contributed by atoms with van der Waals surface area (Å²) in [5.74, 6) is 0. The molecule has 20 heavy (non-hydrogen) atoms. The van der Waals surface area contributed by atoms with E-state index >= 15 is 0 Å². The summed E-state index contributed by atoms with van der Waals surface area (Å²) in [4.78, 5) is 2.43. The van der Waals surface area contributed by atoms with Gasteiger partial charge in [0.2, 0.25) is 6.41 Å². The third kappa shape index (κ3) is 4.19. The van der Waals surface area contributed by atoms with Crippen LogP contribution in [-0.4, -0.2) is 36.6 Å². The SMILES string of the molecule is C1CCC(OC(OC2CCCCC2)N2CCCC2)CC1. The van der Waals surface area contributed by atoms with Crippen molar-refractivity contribution in [2.24, 2.45) is 0 Å². The zero-order valence-electron chi connectivity index (χ0n) is 12.9. The van der Waals surface area contributed by atoms with Gasteiger partial charge in [-0.1, -0.05) is 38.5 Å². The molecule has 1 saturated heterocycles. The zero-order valence-corrected chi connectivity index (χ0v) is 12.9. The Balaban J connectivity index is 1.54. The summed E-state index contributed by atoms with van der Waals surface area (Å²) in [6, 6.07) is 0. The topological polar surface area (TPSA) is 21.7 Å². The second-order valence-corrected chi connectivity index (χ2v) is 6.84. The highest BCUT2D eigenvalue weighted by Crippen LogP contribution is 2.27. The maximum Gasteiger partial charge on any atom is 0.219 e. The Morgan fingerprint density at radius 2 is 1.05 bits per heavy atom. The number of hydrogen-bond acceptors (Lipinski definition) is 3. The van der Waals surface area contributed by atoms with Crippen LogP contribution in [0.25, 0.3) is 0 Å². The lowest BCUT2D eigenvalue weighted by molar-refractivity contribution is -0.265. The largest absolute Gasteiger partial charge is 0.336 e. The molecule has 0 aromatic rings. The average molecular weight is 281 g/mol. The van der Waals surface area contributed by atoms with Crippen molar-refractivity contribution in [3.8, 4) is 0 Å². The second kappa shape index (κ2) is 7.77. The normalized spacial score (nSPS) is 27.4. The first kappa shape index (κ1) is 14.8. The van der Waals surface area contributed by atoms with Crippen LogP contribution in [-0.2, 0) is 9.47 Å². The Kier molecular flexibility index (Phi) is 5.75. The summed E-state index contributed by atoms with van der Waals surface area (Å²) >= 11 is 0. The van der Waals surface area contributed by atoms with E-state index in [1.165, 1.54) is 77.0 Å². The van der Waals surface area contributed by atoms with Crippen molar-refractivity contribution in [1.82, 2.24) is 4.90 Å². The van der Waals surface area contributed by atoms with E-state index in [0.29, 0.717) is 12.2 Å². The summed E-state index contributed by atoms with van der Waals surface area (Å²) in [5, 5.41) is 0. The lowest BCUT2D eigenvalue weighted by Gasteiger charge is -2.36. The lowest BCUT2D eigenvalue weighted by Crippen LogP contribution is -2.43. The van der Waals surface area contributed by atoms with Crippen LogP contribution in [0, 0.1) is 0 Å². The van der Waals surface area contributed by atoms with Crippen LogP contribution in [0.4, 0.5) is 0 Å². The van der Waals surface area contributed by atoms with E-state index in [1.54, 1.807) is 0 Å². The van der Waals surface area contributed by atoms with Gasteiger partial charge in [0.1, 0.15) is 0 Å². The summed E-state index contributed by atoms with van der Waals surface area (Å²) in [6.07, 6.45) is 16.5. The van der Waals surface area contributed by atoms with Crippen LogP contribution in [0.2, 0.25) is 0 Å². The third-order valence-corrected chi connectivity index (χ3v) is 5.16. The summed E-state index contributed by atoms with van der Waals surface area (Å²) in [6.45, 7) is 2.31. The molecule has 0 bridgehead atoms. The number of ether oxygens (including phenoxy) is 2. The van der Waals surface area contributed by atoms with Gasteiger partial charge in [-0.25, -0.2) is 0 Å². The predicted molar refractivity (Wildman–Crippen MR) is 80.5 cm³/mol. The molecule has 0 radical (unpaired) electrons. The summed E-state index contributed by atoms with van der Waals surface area (Å²) < 4.78 is 12.8. The van der Waals surface area contributed by atoms with Gasteiger partial charge in [0.15, 0.2) is 0 Å². The molecule has 3 fully saturated rings. The number of likely N-dealkylation sites (tertiary alicyclic amines) is 1. The highest BCUT2D eigenvalue weighted by molar-refractivity contribution is 4.72. The Morgan fingerprint density at radius 1 is 0.600 bits per heavy atom. The minimum atomic E-state index is -0.0521. The van der Waals surface area contributed by atoms with E-state index in [9.17, 15) is 0 Å². The van der Waals surface area contributed by atoms with Crippen molar-refractivity contribution in [1.29, 1.82) is 0 Å². The molecule has 0 unspecified atom stereocenters. The molecule has 0 spiro atoms. The van der Waals surface area contributed by atoms with Crippen molar-refractivity contribution in [3.63, 3.8) is 0 Å². The van der Waals surface area contributed by atoms with Crippen LogP contribution in [0.5, 0.6) is 0 Å². The lowest BCUT2D eigenvalue weighted by atomic mass is 9.97. The molecule has 2 saturated carbocycles. The fourth-order valence-corrected chi connectivity index (χ4v) is 3.89. The Bertz CT molecular complexity index is 246. The van der Waals surface area contributed by atoms with Gasteiger partial charge in [-0.05, 0) is 38.5 Å². The van der Waals surface area contributed by atoms with Gasteiger partial charge >= 0.3 is 0 Å². The molecule has 0 aromatic carbocycles. The highest BCUT2D eigenvalue weighted by atomic mass is 16.7.